The first-order valence-corrected chi connectivity index (χ1v) is 4.55. The lowest BCUT2D eigenvalue weighted by Crippen LogP contribution is -1.85. The fraction of sp³-hybridized carbons (Fsp3) is 0.154. The van der Waals surface area contributed by atoms with Crippen LogP contribution in [-0.2, 0) is 0 Å². The monoisotopic (exact) mass is 185 g/mol. The molecule has 0 fully saturated rings. The van der Waals surface area contributed by atoms with Crippen LogP contribution < -0.4 is 0 Å². The van der Waals surface area contributed by atoms with E-state index in [4.69, 9.17) is 0 Å². The van der Waals surface area contributed by atoms with Crippen molar-refractivity contribution < 1.29 is 0 Å². The lowest BCUT2D eigenvalue weighted by atomic mass is 10.1. The predicted octanol–water partition coefficient (Wildman–Crippen LogP) is 3.61. The first-order valence-electron chi connectivity index (χ1n) is 4.55. The first kappa shape index (κ1) is 10.5. The molecule has 1 aromatic carbocycles. The molecule has 0 N–H and O–H groups in total. The molecule has 0 saturated carbocycles. The fourth-order valence-electron chi connectivity index (χ4n) is 1.15. The molecule has 1 aromatic rings. The molecule has 0 amide bonds. The van der Waals surface area contributed by atoms with Crippen molar-refractivity contribution in [1.82, 2.24) is 0 Å². The summed E-state index contributed by atoms with van der Waals surface area (Å²) in [7, 11) is 0. The van der Waals surface area contributed by atoms with E-state index in [9.17, 15) is 0 Å². The van der Waals surface area contributed by atoms with Gasteiger partial charge in [0, 0.05) is 11.8 Å². The van der Waals surface area contributed by atoms with E-state index >= 15 is 0 Å². The van der Waals surface area contributed by atoms with Crippen LogP contribution in [0.4, 0.5) is 0 Å². The minimum Gasteiger partial charge on any atom is -0.257 e. The Labute approximate surface area is 85.5 Å². The van der Waals surface area contributed by atoms with E-state index in [1.807, 2.05) is 25.1 Å². The van der Waals surface area contributed by atoms with Crippen molar-refractivity contribution in [2.75, 3.05) is 0 Å². The summed E-state index contributed by atoms with van der Waals surface area (Å²) in [6, 6.07) is 8.07. The van der Waals surface area contributed by atoms with Gasteiger partial charge in [-0.25, -0.2) is 0 Å². The zero-order valence-corrected chi connectivity index (χ0v) is 8.75. The van der Waals surface area contributed by atoms with E-state index in [-0.39, 0.29) is 0 Å². The third-order valence-electron chi connectivity index (χ3n) is 1.90. The molecule has 0 spiro atoms. The summed E-state index contributed by atoms with van der Waals surface area (Å²) < 4.78 is 0. The van der Waals surface area contributed by atoms with E-state index in [1.54, 1.807) is 6.21 Å². The van der Waals surface area contributed by atoms with Crippen molar-refractivity contribution in [2.24, 2.45) is 4.99 Å². The van der Waals surface area contributed by atoms with E-state index in [1.165, 1.54) is 5.56 Å². The Kier molecular flexibility index (Phi) is 3.41. The van der Waals surface area contributed by atoms with Crippen LogP contribution in [0.5, 0.6) is 0 Å². The molecule has 1 nitrogen and oxygen atoms in total. The first-order chi connectivity index (χ1) is 6.61. The summed E-state index contributed by atoms with van der Waals surface area (Å²) in [5.74, 6) is 0. The molecular weight excluding hydrogens is 170 g/mol. The molecule has 0 unspecified atom stereocenters. The van der Waals surface area contributed by atoms with Crippen molar-refractivity contribution in [3.63, 3.8) is 0 Å². The van der Waals surface area contributed by atoms with E-state index in [0.29, 0.717) is 0 Å². The highest BCUT2D eigenvalue weighted by atomic mass is 14.7. The van der Waals surface area contributed by atoms with Gasteiger partial charge in [0.15, 0.2) is 0 Å². The Bertz CT molecular complexity index is 386. The Morgan fingerprint density at radius 2 is 1.93 bits per heavy atom. The van der Waals surface area contributed by atoms with Crippen LogP contribution in [0.25, 0.3) is 5.70 Å². The second-order valence-electron chi connectivity index (χ2n) is 3.37. The van der Waals surface area contributed by atoms with Crippen LogP contribution in [0.2, 0.25) is 0 Å². The molecule has 0 aliphatic rings. The molecule has 0 saturated heterocycles. The number of hydrogen-bond acceptors (Lipinski definition) is 1. The Morgan fingerprint density at radius 3 is 2.50 bits per heavy atom. The number of nitrogens with zero attached hydrogens (tertiary/aromatic N) is 1. The van der Waals surface area contributed by atoms with E-state index in [0.717, 1.165) is 16.8 Å². The number of aliphatic imine (C=N–C) groups is 1. The average molecular weight is 185 g/mol. The molecule has 0 radical (unpaired) electrons. The Hall–Kier alpha value is -1.63. The summed E-state index contributed by atoms with van der Waals surface area (Å²) in [6.07, 6.45) is 1.73. The van der Waals surface area contributed by atoms with Gasteiger partial charge in [0.05, 0.1) is 5.70 Å². The maximum Gasteiger partial charge on any atom is 0.0632 e. The van der Waals surface area contributed by atoms with Gasteiger partial charge >= 0.3 is 0 Å². The van der Waals surface area contributed by atoms with Crippen molar-refractivity contribution in [3.05, 3.63) is 54.1 Å². The van der Waals surface area contributed by atoms with Crippen LogP contribution in [0.1, 0.15) is 18.1 Å². The zero-order valence-electron chi connectivity index (χ0n) is 8.75. The van der Waals surface area contributed by atoms with Gasteiger partial charge in [-0.15, -0.1) is 0 Å². The highest BCUT2D eigenvalue weighted by Gasteiger charge is 1.98. The zero-order chi connectivity index (χ0) is 10.6. The molecule has 0 aliphatic heterocycles. The number of aryl methyl sites for hydroxylation is 1. The van der Waals surface area contributed by atoms with Gasteiger partial charge in [-0.2, -0.15) is 0 Å². The standard InChI is InChI=1S/C13H15N/c1-10(2)9-14-12(4)13-8-6-5-7-11(13)3/h5-9H,1,4H2,2-3H3. The summed E-state index contributed by atoms with van der Waals surface area (Å²) in [4.78, 5) is 4.24. The lowest BCUT2D eigenvalue weighted by Gasteiger charge is -2.03. The topological polar surface area (TPSA) is 12.4 Å². The lowest BCUT2D eigenvalue weighted by molar-refractivity contribution is 1.39. The second kappa shape index (κ2) is 4.56. The van der Waals surface area contributed by atoms with Crippen LogP contribution in [-0.4, -0.2) is 6.21 Å². The normalized spacial score (nSPS) is 10.4. The van der Waals surface area contributed by atoms with Crippen LogP contribution >= 0.6 is 0 Å². The summed E-state index contributed by atoms with van der Waals surface area (Å²) in [6.45, 7) is 11.6. The van der Waals surface area contributed by atoms with Crippen molar-refractivity contribution in [1.29, 1.82) is 0 Å². The van der Waals surface area contributed by atoms with Gasteiger partial charge in [0.25, 0.3) is 0 Å². The Balaban J connectivity index is 2.91. The van der Waals surface area contributed by atoms with Gasteiger partial charge in [-0.3, -0.25) is 4.99 Å². The number of allylic oxidation sites excluding steroid dienone is 1. The highest BCUT2D eigenvalue weighted by molar-refractivity contribution is 5.83. The maximum atomic E-state index is 4.24. The van der Waals surface area contributed by atoms with Crippen LogP contribution in [0.3, 0.4) is 0 Å². The molecule has 14 heavy (non-hydrogen) atoms. The molecule has 1 rings (SSSR count). The number of benzene rings is 1. The fourth-order valence-corrected chi connectivity index (χ4v) is 1.15. The van der Waals surface area contributed by atoms with E-state index < -0.39 is 0 Å². The van der Waals surface area contributed by atoms with Crippen molar-refractivity contribution in [3.8, 4) is 0 Å². The van der Waals surface area contributed by atoms with Gasteiger partial charge in [0.1, 0.15) is 0 Å². The van der Waals surface area contributed by atoms with Crippen molar-refractivity contribution >= 4 is 11.9 Å². The number of rotatable bonds is 3. The molecular formula is C13H15N. The smallest absolute Gasteiger partial charge is 0.0632 e. The molecule has 0 aliphatic carbocycles. The van der Waals surface area contributed by atoms with Crippen LogP contribution in [0.15, 0.2) is 48.0 Å². The summed E-state index contributed by atoms with van der Waals surface area (Å²) in [5, 5.41) is 0. The van der Waals surface area contributed by atoms with Gasteiger partial charge in [-0.05, 0) is 25.0 Å². The average Bonchev–Trinajstić information content (AvgIpc) is 2.15. The SMILES string of the molecule is C=C(C)C=NC(=C)c1ccccc1C. The predicted molar refractivity (Wildman–Crippen MR) is 63.5 cm³/mol. The largest absolute Gasteiger partial charge is 0.257 e. The Morgan fingerprint density at radius 1 is 1.29 bits per heavy atom. The molecule has 0 atom stereocenters. The molecule has 0 heterocycles. The third kappa shape index (κ3) is 2.70. The van der Waals surface area contributed by atoms with Crippen LogP contribution in [0, 0.1) is 6.92 Å². The molecule has 0 aromatic heterocycles. The van der Waals surface area contributed by atoms with Gasteiger partial charge in [-0.1, -0.05) is 37.4 Å². The maximum absolute atomic E-state index is 4.24. The quantitative estimate of drug-likeness (QED) is 0.638. The number of hydrogen-bond donors (Lipinski definition) is 0. The third-order valence-corrected chi connectivity index (χ3v) is 1.90. The minimum absolute atomic E-state index is 0.783. The van der Waals surface area contributed by atoms with E-state index in [2.05, 4.69) is 31.1 Å². The van der Waals surface area contributed by atoms with Gasteiger partial charge < -0.3 is 0 Å². The van der Waals surface area contributed by atoms with Gasteiger partial charge in [0.2, 0.25) is 0 Å². The molecule has 72 valence electrons. The molecule has 1 heteroatoms. The summed E-state index contributed by atoms with van der Waals surface area (Å²) >= 11 is 0. The highest BCUT2D eigenvalue weighted by Crippen LogP contribution is 2.17. The molecule has 0 bridgehead atoms. The minimum atomic E-state index is 0.783. The second-order valence-corrected chi connectivity index (χ2v) is 3.37. The summed E-state index contributed by atoms with van der Waals surface area (Å²) in [5.41, 5.74) is 3.99. The van der Waals surface area contributed by atoms with Crippen molar-refractivity contribution in [2.45, 2.75) is 13.8 Å².